The monoisotopic (exact) mass is 305 g/mol. The summed E-state index contributed by atoms with van der Waals surface area (Å²) in [7, 11) is 0. The predicted octanol–water partition coefficient (Wildman–Crippen LogP) is 3.35. The topological polar surface area (TPSA) is 41.5 Å². The summed E-state index contributed by atoms with van der Waals surface area (Å²) in [5.74, 6) is -0.260. The van der Waals surface area contributed by atoms with Crippen LogP contribution in [0.25, 0.3) is 0 Å². The van der Waals surface area contributed by atoms with E-state index in [1.54, 1.807) is 6.07 Å². The van der Waals surface area contributed by atoms with Gasteiger partial charge in [0.25, 0.3) is 0 Å². The van der Waals surface area contributed by atoms with Crippen molar-refractivity contribution < 1.29 is 23.0 Å². The van der Waals surface area contributed by atoms with Gasteiger partial charge in [-0.15, -0.1) is 0 Å². The maximum atomic E-state index is 13.1. The van der Waals surface area contributed by atoms with Gasteiger partial charge >= 0.3 is 6.18 Å². The van der Waals surface area contributed by atoms with Crippen LogP contribution in [0.15, 0.2) is 18.2 Å². The highest BCUT2D eigenvalue weighted by Crippen LogP contribution is 2.37. The first-order valence-corrected chi connectivity index (χ1v) is 6.89. The van der Waals surface area contributed by atoms with Crippen molar-refractivity contribution in [2.75, 3.05) is 13.2 Å². The molecule has 0 saturated heterocycles. The minimum Gasteiger partial charge on any atom is -0.490 e. The SMILES string of the molecule is CCCNCc1ccc(OCC(C)(C)O)c(C(F)(F)F)c1. The van der Waals surface area contributed by atoms with Gasteiger partial charge in [-0.1, -0.05) is 13.0 Å². The third-order valence-corrected chi connectivity index (χ3v) is 2.69. The second-order valence-electron chi connectivity index (χ2n) is 5.61. The van der Waals surface area contributed by atoms with Crippen LogP contribution >= 0.6 is 0 Å². The van der Waals surface area contributed by atoms with Crippen molar-refractivity contribution in [3.05, 3.63) is 29.3 Å². The number of nitrogens with one attached hydrogen (secondary N) is 1. The lowest BCUT2D eigenvalue weighted by Gasteiger charge is -2.21. The van der Waals surface area contributed by atoms with Crippen molar-refractivity contribution in [1.82, 2.24) is 5.32 Å². The van der Waals surface area contributed by atoms with Crippen LogP contribution in [-0.2, 0) is 12.7 Å². The van der Waals surface area contributed by atoms with E-state index in [2.05, 4.69) is 5.32 Å². The molecular formula is C15H22F3NO2. The van der Waals surface area contributed by atoms with E-state index in [9.17, 15) is 18.3 Å². The van der Waals surface area contributed by atoms with Gasteiger partial charge in [0, 0.05) is 6.54 Å². The highest BCUT2D eigenvalue weighted by molar-refractivity contribution is 5.39. The molecule has 2 N–H and O–H groups in total. The quantitative estimate of drug-likeness (QED) is 0.759. The molecule has 0 saturated carbocycles. The van der Waals surface area contributed by atoms with E-state index in [-0.39, 0.29) is 12.4 Å². The molecule has 0 radical (unpaired) electrons. The van der Waals surface area contributed by atoms with Gasteiger partial charge in [-0.25, -0.2) is 0 Å². The van der Waals surface area contributed by atoms with Gasteiger partial charge in [0.2, 0.25) is 0 Å². The molecule has 0 atom stereocenters. The van der Waals surface area contributed by atoms with E-state index in [0.717, 1.165) is 19.0 Å². The second kappa shape index (κ2) is 7.13. The number of rotatable bonds is 7. The number of hydrogen-bond acceptors (Lipinski definition) is 3. The summed E-state index contributed by atoms with van der Waals surface area (Å²) in [4.78, 5) is 0. The van der Waals surface area contributed by atoms with Crippen LogP contribution in [0, 0.1) is 0 Å². The lowest BCUT2D eigenvalue weighted by Crippen LogP contribution is -2.28. The highest BCUT2D eigenvalue weighted by atomic mass is 19.4. The Morgan fingerprint density at radius 1 is 1.24 bits per heavy atom. The van der Waals surface area contributed by atoms with Crippen molar-refractivity contribution in [2.45, 2.75) is 45.5 Å². The van der Waals surface area contributed by atoms with Gasteiger partial charge in [0.1, 0.15) is 12.4 Å². The molecule has 0 aromatic heterocycles. The number of alkyl halides is 3. The normalized spacial score (nSPS) is 12.5. The van der Waals surface area contributed by atoms with E-state index in [4.69, 9.17) is 4.74 Å². The van der Waals surface area contributed by atoms with Gasteiger partial charge in [-0.3, -0.25) is 0 Å². The van der Waals surface area contributed by atoms with E-state index >= 15 is 0 Å². The molecule has 3 nitrogen and oxygen atoms in total. The first-order chi connectivity index (χ1) is 9.63. The molecule has 0 fully saturated rings. The zero-order valence-electron chi connectivity index (χ0n) is 12.5. The van der Waals surface area contributed by atoms with Crippen LogP contribution in [0.4, 0.5) is 13.2 Å². The van der Waals surface area contributed by atoms with Crippen LogP contribution in [0.1, 0.15) is 38.3 Å². The Morgan fingerprint density at radius 3 is 2.43 bits per heavy atom. The Hall–Kier alpha value is -1.27. The minimum atomic E-state index is -4.49. The molecule has 1 aromatic rings. The van der Waals surface area contributed by atoms with E-state index in [1.807, 2.05) is 6.92 Å². The molecule has 1 rings (SSSR count). The predicted molar refractivity (Wildman–Crippen MR) is 75.2 cm³/mol. The number of halogens is 3. The van der Waals surface area contributed by atoms with Crippen LogP contribution in [0.2, 0.25) is 0 Å². The van der Waals surface area contributed by atoms with Crippen LogP contribution in [-0.4, -0.2) is 23.9 Å². The zero-order valence-corrected chi connectivity index (χ0v) is 12.5. The fourth-order valence-corrected chi connectivity index (χ4v) is 1.70. The molecule has 0 unspecified atom stereocenters. The van der Waals surface area contributed by atoms with E-state index in [1.165, 1.54) is 19.9 Å². The molecule has 0 amide bonds. The van der Waals surface area contributed by atoms with Gasteiger partial charge in [0.05, 0.1) is 11.2 Å². The third kappa shape index (κ3) is 6.35. The maximum Gasteiger partial charge on any atom is 0.419 e. The molecule has 6 heteroatoms. The Morgan fingerprint density at radius 2 is 1.90 bits per heavy atom. The average molecular weight is 305 g/mol. The maximum absolute atomic E-state index is 13.1. The average Bonchev–Trinajstić information content (AvgIpc) is 2.35. The van der Waals surface area contributed by atoms with Crippen LogP contribution in [0.5, 0.6) is 5.75 Å². The molecule has 0 bridgehead atoms. The lowest BCUT2D eigenvalue weighted by atomic mass is 10.1. The van der Waals surface area contributed by atoms with Gasteiger partial charge in [-0.05, 0) is 44.5 Å². The number of ether oxygens (including phenoxy) is 1. The summed E-state index contributed by atoms with van der Waals surface area (Å²) in [6.45, 7) is 5.86. The largest absolute Gasteiger partial charge is 0.490 e. The van der Waals surface area contributed by atoms with Crippen molar-refractivity contribution in [2.24, 2.45) is 0 Å². The number of aliphatic hydroxyl groups is 1. The van der Waals surface area contributed by atoms with Crippen molar-refractivity contribution >= 4 is 0 Å². The van der Waals surface area contributed by atoms with Crippen LogP contribution in [0.3, 0.4) is 0 Å². The fraction of sp³-hybridized carbons (Fsp3) is 0.600. The minimum absolute atomic E-state index is 0.205. The Balaban J connectivity index is 2.92. The Bertz CT molecular complexity index is 453. The standard InChI is InChI=1S/C15H22F3NO2/c1-4-7-19-9-11-5-6-13(21-10-14(2,3)20)12(8-11)15(16,17)18/h5-6,8,19-20H,4,7,9-10H2,1-3H3. The lowest BCUT2D eigenvalue weighted by molar-refractivity contribution is -0.139. The highest BCUT2D eigenvalue weighted by Gasteiger charge is 2.35. The molecule has 0 aliphatic heterocycles. The summed E-state index contributed by atoms with van der Waals surface area (Å²) in [5, 5.41) is 12.6. The summed E-state index contributed by atoms with van der Waals surface area (Å²) in [6.07, 6.45) is -3.57. The van der Waals surface area contributed by atoms with Crippen molar-refractivity contribution in [3.8, 4) is 5.75 Å². The second-order valence-corrected chi connectivity index (χ2v) is 5.61. The Kier molecular flexibility index (Phi) is 6.04. The van der Waals surface area contributed by atoms with Gasteiger partial charge in [0.15, 0.2) is 0 Å². The fourth-order valence-electron chi connectivity index (χ4n) is 1.70. The molecule has 0 aliphatic rings. The smallest absolute Gasteiger partial charge is 0.419 e. The number of benzene rings is 1. The van der Waals surface area contributed by atoms with Gasteiger partial charge < -0.3 is 15.2 Å². The Labute approximate surface area is 123 Å². The third-order valence-electron chi connectivity index (χ3n) is 2.69. The molecule has 0 heterocycles. The molecular weight excluding hydrogens is 283 g/mol. The molecule has 21 heavy (non-hydrogen) atoms. The summed E-state index contributed by atoms with van der Waals surface area (Å²) in [6, 6.07) is 3.98. The molecule has 1 aromatic carbocycles. The summed E-state index contributed by atoms with van der Waals surface area (Å²) >= 11 is 0. The molecule has 120 valence electrons. The zero-order chi connectivity index (χ0) is 16.1. The van der Waals surface area contributed by atoms with E-state index in [0.29, 0.717) is 12.1 Å². The molecule has 0 spiro atoms. The first kappa shape index (κ1) is 17.8. The summed E-state index contributed by atoms with van der Waals surface area (Å²) < 4.78 is 44.3. The van der Waals surface area contributed by atoms with Crippen LogP contribution < -0.4 is 10.1 Å². The van der Waals surface area contributed by atoms with Gasteiger partial charge in [-0.2, -0.15) is 13.2 Å². The van der Waals surface area contributed by atoms with Crippen molar-refractivity contribution in [3.63, 3.8) is 0 Å². The summed E-state index contributed by atoms with van der Waals surface area (Å²) in [5.41, 5.74) is -1.46. The first-order valence-electron chi connectivity index (χ1n) is 6.89. The molecule has 0 aliphatic carbocycles. The van der Waals surface area contributed by atoms with Crippen molar-refractivity contribution in [1.29, 1.82) is 0 Å². The number of hydrogen-bond donors (Lipinski definition) is 2. The van der Waals surface area contributed by atoms with E-state index < -0.39 is 17.3 Å².